The molecule has 0 aliphatic carbocycles. The lowest BCUT2D eigenvalue weighted by Gasteiger charge is -2.32. The Bertz CT molecular complexity index is 1420. The molecule has 2 amide bonds. The second-order valence-corrected chi connectivity index (χ2v) is 11.4. The van der Waals surface area contributed by atoms with Gasteiger partial charge in [0.2, 0.25) is 11.8 Å². The summed E-state index contributed by atoms with van der Waals surface area (Å²) < 4.78 is 47.6. The molecule has 0 bridgehead atoms. The van der Waals surface area contributed by atoms with Crippen molar-refractivity contribution >= 4 is 50.7 Å². The second kappa shape index (κ2) is 13.8. The fraction of sp³-hybridized carbons (Fsp3) is 0.286. The molecule has 3 rings (SSSR count). The van der Waals surface area contributed by atoms with Crippen LogP contribution in [0.1, 0.15) is 26.3 Å². The first-order chi connectivity index (χ1) is 19.0. The van der Waals surface area contributed by atoms with Gasteiger partial charge in [0.15, 0.2) is 0 Å². The summed E-state index contributed by atoms with van der Waals surface area (Å²) in [5, 5.41) is 3.24. The Balaban J connectivity index is 2.05. The van der Waals surface area contributed by atoms with Crippen LogP contribution < -0.4 is 14.4 Å². The summed E-state index contributed by atoms with van der Waals surface area (Å²) in [6.45, 7) is 4.94. The SMILES string of the molecule is CCNC(=O)C(C)N(Cc1c(Cl)cccc1Cl)C(=O)CN(c1ccc(F)cc1)S(=O)(=O)c1ccc(OCC)cc1. The lowest BCUT2D eigenvalue weighted by molar-refractivity contribution is -0.139. The molecular weight excluding hydrogens is 580 g/mol. The molecule has 0 aliphatic heterocycles. The largest absolute Gasteiger partial charge is 0.494 e. The highest BCUT2D eigenvalue weighted by Gasteiger charge is 2.33. The molecule has 0 saturated carbocycles. The van der Waals surface area contributed by atoms with Gasteiger partial charge in [-0.1, -0.05) is 29.3 Å². The smallest absolute Gasteiger partial charge is 0.264 e. The van der Waals surface area contributed by atoms with Crippen LogP contribution in [-0.2, 0) is 26.2 Å². The maximum absolute atomic E-state index is 13.8. The van der Waals surface area contributed by atoms with Gasteiger partial charge in [0.25, 0.3) is 10.0 Å². The van der Waals surface area contributed by atoms with Gasteiger partial charge in [-0.15, -0.1) is 0 Å². The van der Waals surface area contributed by atoms with Crippen LogP contribution in [0.3, 0.4) is 0 Å². The Labute approximate surface area is 243 Å². The van der Waals surface area contributed by atoms with Crippen molar-refractivity contribution in [1.29, 1.82) is 0 Å². The highest BCUT2D eigenvalue weighted by atomic mass is 35.5. The van der Waals surface area contributed by atoms with Gasteiger partial charge in [-0.25, -0.2) is 12.8 Å². The molecule has 3 aromatic rings. The minimum Gasteiger partial charge on any atom is -0.494 e. The number of amides is 2. The molecule has 214 valence electrons. The van der Waals surface area contributed by atoms with E-state index in [2.05, 4.69) is 5.32 Å². The van der Waals surface area contributed by atoms with Gasteiger partial charge in [0.1, 0.15) is 24.2 Å². The molecule has 0 saturated heterocycles. The van der Waals surface area contributed by atoms with Crippen molar-refractivity contribution in [3.8, 4) is 5.75 Å². The van der Waals surface area contributed by atoms with Crippen molar-refractivity contribution in [2.45, 2.75) is 38.3 Å². The number of hydrogen-bond donors (Lipinski definition) is 1. The van der Waals surface area contributed by atoms with Crippen LogP contribution in [0.5, 0.6) is 5.75 Å². The third-order valence-electron chi connectivity index (χ3n) is 6.02. The van der Waals surface area contributed by atoms with Crippen molar-refractivity contribution < 1.29 is 27.1 Å². The molecule has 40 heavy (non-hydrogen) atoms. The van der Waals surface area contributed by atoms with E-state index >= 15 is 0 Å². The first kappa shape index (κ1) is 31.2. The number of halogens is 3. The number of sulfonamides is 1. The van der Waals surface area contributed by atoms with Crippen LogP contribution in [-0.4, -0.2) is 50.9 Å². The van der Waals surface area contributed by atoms with Crippen molar-refractivity contribution in [2.75, 3.05) is 24.0 Å². The molecule has 1 unspecified atom stereocenters. The zero-order valence-electron chi connectivity index (χ0n) is 22.2. The summed E-state index contributed by atoms with van der Waals surface area (Å²) in [6.07, 6.45) is 0. The molecule has 1 N–H and O–H groups in total. The number of nitrogens with one attached hydrogen (secondary N) is 1. The van der Waals surface area contributed by atoms with E-state index in [1.54, 1.807) is 32.0 Å². The van der Waals surface area contributed by atoms with Crippen LogP contribution >= 0.6 is 23.2 Å². The third kappa shape index (κ3) is 7.44. The average molecular weight is 611 g/mol. The van der Waals surface area contributed by atoms with Crippen LogP contribution in [0.2, 0.25) is 10.0 Å². The van der Waals surface area contributed by atoms with Gasteiger partial charge in [0.05, 0.1) is 17.2 Å². The number of likely N-dealkylation sites (N-methyl/N-ethyl adjacent to an activating group) is 1. The summed E-state index contributed by atoms with van der Waals surface area (Å²) in [4.78, 5) is 27.7. The number of carbonyl (C=O) groups excluding carboxylic acids is 2. The predicted octanol–water partition coefficient (Wildman–Crippen LogP) is 5.28. The number of hydrogen-bond acceptors (Lipinski definition) is 5. The lowest BCUT2D eigenvalue weighted by Crippen LogP contribution is -2.51. The van der Waals surface area contributed by atoms with E-state index < -0.39 is 40.2 Å². The summed E-state index contributed by atoms with van der Waals surface area (Å²) in [6, 6.07) is 14.3. The number of ether oxygens (including phenoxy) is 1. The molecule has 8 nitrogen and oxygen atoms in total. The summed E-state index contributed by atoms with van der Waals surface area (Å²) in [5.41, 5.74) is 0.461. The highest BCUT2D eigenvalue weighted by molar-refractivity contribution is 7.92. The zero-order valence-corrected chi connectivity index (χ0v) is 24.6. The van der Waals surface area contributed by atoms with E-state index in [9.17, 15) is 22.4 Å². The van der Waals surface area contributed by atoms with Crippen molar-refractivity contribution in [3.63, 3.8) is 0 Å². The molecule has 0 radical (unpaired) electrons. The fourth-order valence-corrected chi connectivity index (χ4v) is 5.83. The van der Waals surface area contributed by atoms with E-state index in [-0.39, 0.29) is 27.2 Å². The van der Waals surface area contributed by atoms with Gasteiger partial charge in [-0.3, -0.25) is 13.9 Å². The molecular formula is C28H30Cl2FN3O5S. The van der Waals surface area contributed by atoms with Crippen molar-refractivity contribution in [2.24, 2.45) is 0 Å². The van der Waals surface area contributed by atoms with Crippen LogP contribution in [0, 0.1) is 5.82 Å². The third-order valence-corrected chi connectivity index (χ3v) is 8.52. The monoisotopic (exact) mass is 609 g/mol. The quantitative estimate of drug-likeness (QED) is 0.301. The number of nitrogens with zero attached hydrogens (tertiary/aromatic N) is 2. The van der Waals surface area contributed by atoms with Gasteiger partial charge in [-0.05, 0) is 81.4 Å². The van der Waals surface area contributed by atoms with Gasteiger partial charge < -0.3 is 15.0 Å². The Hall–Kier alpha value is -3.34. The maximum Gasteiger partial charge on any atom is 0.264 e. The van der Waals surface area contributed by atoms with Crippen LogP contribution in [0.15, 0.2) is 71.6 Å². The van der Waals surface area contributed by atoms with E-state index in [0.29, 0.717) is 24.5 Å². The molecule has 0 aromatic heterocycles. The molecule has 0 fully saturated rings. The second-order valence-electron chi connectivity index (χ2n) is 8.68. The highest BCUT2D eigenvalue weighted by Crippen LogP contribution is 2.29. The normalized spacial score (nSPS) is 11.9. The Kier molecular flexibility index (Phi) is 10.8. The fourth-order valence-electron chi connectivity index (χ4n) is 3.90. The van der Waals surface area contributed by atoms with Crippen LogP contribution in [0.25, 0.3) is 0 Å². The number of carbonyl (C=O) groups is 2. The predicted molar refractivity (Wildman–Crippen MR) is 154 cm³/mol. The Morgan fingerprint density at radius 3 is 2.12 bits per heavy atom. The van der Waals surface area contributed by atoms with Gasteiger partial charge >= 0.3 is 0 Å². The summed E-state index contributed by atoms with van der Waals surface area (Å²) in [5.74, 6) is -1.24. The van der Waals surface area contributed by atoms with E-state index in [1.165, 1.54) is 48.2 Å². The molecule has 12 heteroatoms. The summed E-state index contributed by atoms with van der Waals surface area (Å²) in [7, 11) is -4.32. The van der Waals surface area contributed by atoms with Crippen molar-refractivity contribution in [3.05, 3.63) is 88.2 Å². The molecule has 0 spiro atoms. The maximum atomic E-state index is 13.8. The number of anilines is 1. The topological polar surface area (TPSA) is 96.0 Å². The van der Waals surface area contributed by atoms with E-state index in [0.717, 1.165) is 16.4 Å². The summed E-state index contributed by atoms with van der Waals surface area (Å²) >= 11 is 12.7. The minimum absolute atomic E-state index is 0.0602. The molecule has 3 aromatic carbocycles. The number of benzene rings is 3. The minimum atomic E-state index is -4.32. The van der Waals surface area contributed by atoms with Crippen molar-refractivity contribution in [1.82, 2.24) is 10.2 Å². The first-order valence-corrected chi connectivity index (χ1v) is 14.7. The average Bonchev–Trinajstić information content (AvgIpc) is 2.92. The van der Waals surface area contributed by atoms with Gasteiger partial charge in [0, 0.05) is 28.7 Å². The van der Waals surface area contributed by atoms with Crippen LogP contribution in [0.4, 0.5) is 10.1 Å². The first-order valence-electron chi connectivity index (χ1n) is 12.5. The molecule has 0 aliphatic rings. The Morgan fingerprint density at radius 2 is 1.57 bits per heavy atom. The molecule has 0 heterocycles. The zero-order chi connectivity index (χ0) is 29.4. The van der Waals surface area contributed by atoms with E-state index in [4.69, 9.17) is 27.9 Å². The standard InChI is InChI=1S/C28H30Cl2FN3O5S/c1-4-32-28(36)19(3)33(17-24-25(29)7-6-8-26(24)30)27(35)18-34(21-11-9-20(31)10-12-21)40(37,38)23-15-13-22(14-16-23)39-5-2/h6-16,19H,4-5,17-18H2,1-3H3,(H,32,36). The van der Waals surface area contributed by atoms with E-state index in [1.807, 2.05) is 0 Å². The van der Waals surface area contributed by atoms with Gasteiger partial charge in [-0.2, -0.15) is 0 Å². The Morgan fingerprint density at radius 1 is 0.975 bits per heavy atom. The lowest BCUT2D eigenvalue weighted by atomic mass is 10.1. The number of rotatable bonds is 12. The molecule has 1 atom stereocenters.